The van der Waals surface area contributed by atoms with Gasteiger partial charge in [-0.1, -0.05) is 114 Å². The van der Waals surface area contributed by atoms with E-state index in [4.69, 9.17) is 0 Å². The normalized spacial score (nSPS) is 18.9. The standard InChI is InChI=1S/C16H25N.C14H21N.C2H6/c1-3-13-17-16(2,15-11-7-8-12-15)14-9-5-4-6-10-14;1-2-15-14(13-10-6-7-11-13)12-8-4-3-5-9-12;1-2/h4-6,9-10,15,17H,3,7-8,11-13H2,1-2H3;3-5,8-9,13-15H,2,6-7,10-11H2,1H3;1-2H3. The molecule has 2 nitrogen and oxygen atoms in total. The molecule has 0 bridgehead atoms. The topological polar surface area (TPSA) is 24.1 Å². The summed E-state index contributed by atoms with van der Waals surface area (Å²) in [6.07, 6.45) is 12.4. The first-order valence-electron chi connectivity index (χ1n) is 14.3. The largest absolute Gasteiger partial charge is 0.310 e. The molecular weight excluding hydrogens is 412 g/mol. The summed E-state index contributed by atoms with van der Waals surface area (Å²) in [4.78, 5) is 0. The third-order valence-electron chi connectivity index (χ3n) is 7.74. The van der Waals surface area contributed by atoms with Crippen LogP contribution >= 0.6 is 0 Å². The van der Waals surface area contributed by atoms with Crippen molar-refractivity contribution in [3.05, 3.63) is 71.8 Å². The average Bonchev–Trinajstić information content (AvgIpc) is 3.64. The number of benzene rings is 2. The van der Waals surface area contributed by atoms with Gasteiger partial charge in [-0.25, -0.2) is 0 Å². The highest BCUT2D eigenvalue weighted by Crippen LogP contribution is 2.40. The first-order chi connectivity index (χ1) is 16.7. The van der Waals surface area contributed by atoms with E-state index < -0.39 is 0 Å². The molecule has 0 aromatic heterocycles. The van der Waals surface area contributed by atoms with Gasteiger partial charge in [-0.3, -0.25) is 0 Å². The highest BCUT2D eigenvalue weighted by molar-refractivity contribution is 5.25. The van der Waals surface area contributed by atoms with Crippen molar-refractivity contribution < 1.29 is 0 Å². The van der Waals surface area contributed by atoms with Crippen molar-refractivity contribution in [1.82, 2.24) is 10.6 Å². The van der Waals surface area contributed by atoms with Crippen molar-refractivity contribution in [2.24, 2.45) is 11.8 Å². The Labute approximate surface area is 211 Å². The smallest absolute Gasteiger partial charge is 0.0434 e. The molecule has 2 aliphatic carbocycles. The van der Waals surface area contributed by atoms with Gasteiger partial charge in [-0.05, 0) is 75.1 Å². The summed E-state index contributed by atoms with van der Waals surface area (Å²) in [6.45, 7) is 13.0. The van der Waals surface area contributed by atoms with E-state index in [1.807, 2.05) is 13.8 Å². The van der Waals surface area contributed by atoms with Gasteiger partial charge in [0.05, 0.1) is 0 Å². The lowest BCUT2D eigenvalue weighted by Crippen LogP contribution is -2.45. The van der Waals surface area contributed by atoms with Crippen molar-refractivity contribution in [3.63, 3.8) is 0 Å². The second-order valence-corrected chi connectivity index (χ2v) is 9.97. The molecule has 2 unspecified atom stereocenters. The molecule has 2 atom stereocenters. The van der Waals surface area contributed by atoms with E-state index in [2.05, 4.69) is 92.1 Å². The zero-order chi connectivity index (χ0) is 24.7. The van der Waals surface area contributed by atoms with Crippen LogP contribution in [0.25, 0.3) is 0 Å². The van der Waals surface area contributed by atoms with Crippen LogP contribution in [0.3, 0.4) is 0 Å². The van der Waals surface area contributed by atoms with Gasteiger partial charge in [-0.2, -0.15) is 0 Å². The molecule has 0 spiro atoms. The van der Waals surface area contributed by atoms with Crippen LogP contribution in [0.5, 0.6) is 0 Å². The van der Waals surface area contributed by atoms with Gasteiger partial charge in [0.1, 0.15) is 0 Å². The molecule has 2 aliphatic rings. The Kier molecular flexibility index (Phi) is 13.5. The Balaban J connectivity index is 0.000000225. The fourth-order valence-corrected chi connectivity index (χ4v) is 5.88. The molecule has 190 valence electrons. The predicted octanol–water partition coefficient (Wildman–Crippen LogP) is 8.65. The lowest BCUT2D eigenvalue weighted by molar-refractivity contribution is 0.235. The zero-order valence-corrected chi connectivity index (χ0v) is 22.8. The quantitative estimate of drug-likeness (QED) is 0.388. The van der Waals surface area contributed by atoms with Gasteiger partial charge >= 0.3 is 0 Å². The summed E-state index contributed by atoms with van der Waals surface area (Å²) < 4.78 is 0. The maximum absolute atomic E-state index is 3.80. The molecule has 2 N–H and O–H groups in total. The maximum Gasteiger partial charge on any atom is 0.0434 e. The summed E-state index contributed by atoms with van der Waals surface area (Å²) in [5.74, 6) is 1.66. The van der Waals surface area contributed by atoms with Gasteiger partial charge in [0, 0.05) is 11.6 Å². The Morgan fingerprint density at radius 2 is 1.32 bits per heavy atom. The minimum absolute atomic E-state index is 0.174. The Bertz CT molecular complexity index is 732. The summed E-state index contributed by atoms with van der Waals surface area (Å²) in [5.41, 5.74) is 3.10. The molecule has 2 aromatic carbocycles. The van der Waals surface area contributed by atoms with Crippen molar-refractivity contribution in [2.75, 3.05) is 13.1 Å². The molecule has 2 fully saturated rings. The number of rotatable bonds is 9. The lowest BCUT2D eigenvalue weighted by Gasteiger charge is -2.37. The van der Waals surface area contributed by atoms with Crippen LogP contribution in [0.4, 0.5) is 0 Å². The Morgan fingerprint density at radius 1 is 0.794 bits per heavy atom. The van der Waals surface area contributed by atoms with Crippen LogP contribution in [0.15, 0.2) is 60.7 Å². The average molecular weight is 465 g/mol. The van der Waals surface area contributed by atoms with Crippen LogP contribution in [0.2, 0.25) is 0 Å². The monoisotopic (exact) mass is 464 g/mol. The third kappa shape index (κ3) is 8.24. The van der Waals surface area contributed by atoms with Crippen LogP contribution < -0.4 is 10.6 Å². The molecule has 34 heavy (non-hydrogen) atoms. The van der Waals surface area contributed by atoms with Crippen molar-refractivity contribution in [1.29, 1.82) is 0 Å². The van der Waals surface area contributed by atoms with Crippen LogP contribution in [0, 0.1) is 11.8 Å². The van der Waals surface area contributed by atoms with Crippen LogP contribution in [-0.4, -0.2) is 13.1 Å². The molecule has 0 heterocycles. The van der Waals surface area contributed by atoms with Gasteiger partial charge in [0.25, 0.3) is 0 Å². The first kappa shape index (κ1) is 28.6. The highest BCUT2D eigenvalue weighted by Gasteiger charge is 2.36. The van der Waals surface area contributed by atoms with Gasteiger partial charge in [0.15, 0.2) is 0 Å². The minimum Gasteiger partial charge on any atom is -0.310 e. The molecule has 2 saturated carbocycles. The fourth-order valence-electron chi connectivity index (χ4n) is 5.88. The number of hydrogen-bond acceptors (Lipinski definition) is 2. The van der Waals surface area contributed by atoms with E-state index in [1.54, 1.807) is 0 Å². The molecule has 2 heteroatoms. The van der Waals surface area contributed by atoms with Gasteiger partial charge < -0.3 is 10.6 Å². The van der Waals surface area contributed by atoms with Crippen molar-refractivity contribution in [2.45, 2.75) is 104 Å². The molecule has 4 rings (SSSR count). The van der Waals surface area contributed by atoms with Crippen molar-refractivity contribution in [3.8, 4) is 0 Å². The van der Waals surface area contributed by atoms with E-state index in [0.717, 1.165) is 24.9 Å². The zero-order valence-electron chi connectivity index (χ0n) is 22.8. The fraction of sp³-hybridized carbons (Fsp3) is 0.625. The van der Waals surface area contributed by atoms with E-state index >= 15 is 0 Å². The molecule has 0 aliphatic heterocycles. The molecule has 2 aromatic rings. The SMILES string of the molecule is CC.CCCNC(C)(c1ccccc1)C1CCCC1.CCNC(c1ccccc1)C1CCCC1. The summed E-state index contributed by atoms with van der Waals surface area (Å²) in [7, 11) is 0. The number of nitrogens with one attached hydrogen (secondary N) is 2. The maximum atomic E-state index is 3.80. The Hall–Kier alpha value is -1.64. The van der Waals surface area contributed by atoms with E-state index in [0.29, 0.717) is 6.04 Å². The predicted molar refractivity (Wildman–Crippen MR) is 150 cm³/mol. The summed E-state index contributed by atoms with van der Waals surface area (Å²) in [5, 5.41) is 7.44. The van der Waals surface area contributed by atoms with Crippen LogP contribution in [-0.2, 0) is 5.54 Å². The molecule has 0 saturated heterocycles. The minimum atomic E-state index is 0.174. The molecular formula is C32H52N2. The van der Waals surface area contributed by atoms with Gasteiger partial charge in [0.2, 0.25) is 0 Å². The van der Waals surface area contributed by atoms with E-state index in [9.17, 15) is 0 Å². The summed E-state index contributed by atoms with van der Waals surface area (Å²) in [6, 6.07) is 22.5. The lowest BCUT2D eigenvalue weighted by atomic mass is 9.78. The van der Waals surface area contributed by atoms with Crippen LogP contribution in [0.1, 0.15) is 110 Å². The second-order valence-electron chi connectivity index (χ2n) is 9.97. The third-order valence-corrected chi connectivity index (χ3v) is 7.74. The highest BCUT2D eigenvalue weighted by atomic mass is 15.0. The Morgan fingerprint density at radius 3 is 1.85 bits per heavy atom. The molecule has 0 amide bonds. The van der Waals surface area contributed by atoms with E-state index in [1.165, 1.54) is 68.9 Å². The second kappa shape index (κ2) is 16.1. The van der Waals surface area contributed by atoms with Crippen molar-refractivity contribution >= 4 is 0 Å². The number of hydrogen-bond donors (Lipinski definition) is 2. The van der Waals surface area contributed by atoms with E-state index in [-0.39, 0.29) is 5.54 Å². The summed E-state index contributed by atoms with van der Waals surface area (Å²) >= 11 is 0. The van der Waals surface area contributed by atoms with Gasteiger partial charge in [-0.15, -0.1) is 0 Å². The molecule has 0 radical (unpaired) electrons. The first-order valence-corrected chi connectivity index (χ1v) is 14.3.